The smallest absolute Gasteiger partial charge is 0.00248 e. The van der Waals surface area contributed by atoms with Crippen LogP contribution in [0.4, 0.5) is 0 Å². The highest BCUT2D eigenvalue weighted by Crippen LogP contribution is 1.93. The quantitative estimate of drug-likeness (QED) is 0.529. The predicted octanol–water partition coefficient (Wildman–Crippen LogP) is 3.31. The highest BCUT2D eigenvalue weighted by atomic mass is 32.1. The lowest BCUT2D eigenvalue weighted by Gasteiger charge is -2.06. The zero-order chi connectivity index (χ0) is 10.4. The molecule has 0 rings (SSSR count). The van der Waals surface area contributed by atoms with E-state index in [4.69, 9.17) is 0 Å². The van der Waals surface area contributed by atoms with E-state index in [1.165, 1.54) is 25.8 Å². The number of unbranched alkanes of at least 4 members (excludes halogenated alkanes) is 2. The van der Waals surface area contributed by atoms with Gasteiger partial charge in [-0.1, -0.05) is 33.6 Å². The van der Waals surface area contributed by atoms with Gasteiger partial charge in [-0.3, -0.25) is 0 Å². The summed E-state index contributed by atoms with van der Waals surface area (Å²) in [6, 6.07) is 0. The van der Waals surface area contributed by atoms with Crippen LogP contribution in [0.5, 0.6) is 0 Å². The second-order valence-corrected chi connectivity index (χ2v) is 2.51. The van der Waals surface area contributed by atoms with Crippen LogP contribution in [0.1, 0.15) is 40.0 Å². The maximum absolute atomic E-state index is 3.53. The summed E-state index contributed by atoms with van der Waals surface area (Å²) in [4.78, 5) is 2.23. The summed E-state index contributed by atoms with van der Waals surface area (Å²) in [5.74, 6) is 0. The summed E-state index contributed by atoms with van der Waals surface area (Å²) in [5, 5.41) is 0. The van der Waals surface area contributed by atoms with E-state index in [0.29, 0.717) is 0 Å². The molecule has 0 radical (unpaired) electrons. The number of rotatable bonds is 4. The molecule has 0 spiro atoms. The SMILES string of the molecule is CC.CCCCCN(C)C.CS. The zero-order valence-electron chi connectivity index (χ0n) is 9.72. The summed E-state index contributed by atoms with van der Waals surface area (Å²) < 4.78 is 0. The minimum Gasteiger partial charge on any atom is -0.309 e. The van der Waals surface area contributed by atoms with Gasteiger partial charge in [-0.2, -0.15) is 12.6 Å². The molecule has 0 aliphatic carbocycles. The summed E-state index contributed by atoms with van der Waals surface area (Å²) in [5.41, 5.74) is 0. The van der Waals surface area contributed by atoms with Crippen molar-refractivity contribution in [2.45, 2.75) is 40.0 Å². The van der Waals surface area contributed by atoms with Gasteiger partial charge in [0.1, 0.15) is 0 Å². The van der Waals surface area contributed by atoms with Crippen LogP contribution in [0.2, 0.25) is 0 Å². The minimum atomic E-state index is 1.24. The van der Waals surface area contributed by atoms with E-state index < -0.39 is 0 Å². The van der Waals surface area contributed by atoms with Gasteiger partial charge in [0.15, 0.2) is 0 Å². The molecule has 12 heavy (non-hydrogen) atoms. The molecule has 0 atom stereocenters. The Labute approximate surface area is 85.0 Å². The Morgan fingerprint density at radius 2 is 1.42 bits per heavy atom. The van der Waals surface area contributed by atoms with Crippen LogP contribution in [0, 0.1) is 0 Å². The molecule has 0 saturated heterocycles. The molecular formula is C10H27NS. The average molecular weight is 193 g/mol. The molecule has 0 amide bonds. The Morgan fingerprint density at radius 1 is 1.00 bits per heavy atom. The van der Waals surface area contributed by atoms with Crippen LogP contribution < -0.4 is 0 Å². The Bertz CT molecular complexity index is 47.1. The first kappa shape index (κ1) is 18.2. The molecule has 2 heteroatoms. The Kier molecular flexibility index (Phi) is 34.1. The summed E-state index contributed by atoms with van der Waals surface area (Å²) in [6.45, 7) is 7.48. The first-order chi connectivity index (χ1) is 5.77. The molecule has 78 valence electrons. The van der Waals surface area contributed by atoms with Crippen LogP contribution >= 0.6 is 12.6 Å². The minimum absolute atomic E-state index is 1.24. The molecule has 0 aliphatic rings. The fourth-order valence-electron chi connectivity index (χ4n) is 0.678. The fraction of sp³-hybridized carbons (Fsp3) is 1.00. The lowest BCUT2D eigenvalue weighted by atomic mass is 10.2. The highest BCUT2D eigenvalue weighted by molar-refractivity contribution is 7.79. The third kappa shape index (κ3) is 31.7. The van der Waals surface area contributed by atoms with E-state index in [0.717, 1.165) is 0 Å². The number of nitrogens with zero attached hydrogens (tertiary/aromatic N) is 1. The number of hydrogen-bond acceptors (Lipinski definition) is 2. The topological polar surface area (TPSA) is 3.24 Å². The van der Waals surface area contributed by atoms with E-state index >= 15 is 0 Å². The molecule has 0 aromatic rings. The third-order valence-corrected chi connectivity index (χ3v) is 1.21. The molecule has 1 nitrogen and oxygen atoms in total. The van der Waals surface area contributed by atoms with Gasteiger partial charge in [0.25, 0.3) is 0 Å². The van der Waals surface area contributed by atoms with Crippen molar-refractivity contribution in [3.8, 4) is 0 Å². The molecule has 0 heterocycles. The second-order valence-electron chi connectivity index (χ2n) is 2.51. The Hall–Kier alpha value is 0.310. The maximum Gasteiger partial charge on any atom is -0.00248 e. The van der Waals surface area contributed by atoms with Crippen molar-refractivity contribution in [3.05, 3.63) is 0 Å². The first-order valence-corrected chi connectivity index (χ1v) is 5.76. The summed E-state index contributed by atoms with van der Waals surface area (Å²) in [6.07, 6.45) is 5.75. The summed E-state index contributed by atoms with van der Waals surface area (Å²) in [7, 11) is 4.24. The van der Waals surface area contributed by atoms with Crippen molar-refractivity contribution >= 4 is 12.6 Å². The van der Waals surface area contributed by atoms with Crippen LogP contribution in [-0.2, 0) is 0 Å². The Balaban J connectivity index is -0.000000175. The Morgan fingerprint density at radius 3 is 1.67 bits per heavy atom. The van der Waals surface area contributed by atoms with Gasteiger partial charge in [0.05, 0.1) is 0 Å². The molecule has 0 bridgehead atoms. The fourth-order valence-corrected chi connectivity index (χ4v) is 0.678. The van der Waals surface area contributed by atoms with Gasteiger partial charge < -0.3 is 4.90 Å². The normalized spacial score (nSPS) is 8.00. The highest BCUT2D eigenvalue weighted by Gasteiger charge is 1.86. The monoisotopic (exact) mass is 193 g/mol. The van der Waals surface area contributed by atoms with Crippen molar-refractivity contribution in [2.24, 2.45) is 0 Å². The van der Waals surface area contributed by atoms with Crippen LogP contribution in [0.25, 0.3) is 0 Å². The largest absolute Gasteiger partial charge is 0.309 e. The van der Waals surface area contributed by atoms with Crippen molar-refractivity contribution in [1.82, 2.24) is 4.90 Å². The molecule has 0 fully saturated rings. The average Bonchev–Trinajstić information content (AvgIpc) is 2.12. The lowest BCUT2D eigenvalue weighted by molar-refractivity contribution is 0.393. The van der Waals surface area contributed by atoms with E-state index in [2.05, 4.69) is 38.5 Å². The van der Waals surface area contributed by atoms with E-state index in [1.54, 1.807) is 6.26 Å². The molecule has 0 aliphatic heterocycles. The van der Waals surface area contributed by atoms with Crippen LogP contribution in [0.15, 0.2) is 0 Å². The van der Waals surface area contributed by atoms with Gasteiger partial charge in [-0.05, 0) is 33.3 Å². The van der Waals surface area contributed by atoms with Crippen molar-refractivity contribution in [3.63, 3.8) is 0 Å². The van der Waals surface area contributed by atoms with E-state index in [9.17, 15) is 0 Å². The third-order valence-electron chi connectivity index (χ3n) is 1.21. The van der Waals surface area contributed by atoms with Crippen molar-refractivity contribution in [2.75, 3.05) is 26.9 Å². The first-order valence-electron chi connectivity index (χ1n) is 4.86. The number of thiol groups is 1. The van der Waals surface area contributed by atoms with Crippen molar-refractivity contribution in [1.29, 1.82) is 0 Å². The standard InChI is InChI=1S/C7H17N.C2H6.CH4S/c1-4-5-6-7-8(2)3;2*1-2/h4-7H2,1-3H3;1-2H3;2H,1H3. The van der Waals surface area contributed by atoms with E-state index in [-0.39, 0.29) is 0 Å². The van der Waals surface area contributed by atoms with E-state index in [1.807, 2.05) is 13.8 Å². The molecule has 0 aromatic heterocycles. The maximum atomic E-state index is 3.53. The molecule has 0 unspecified atom stereocenters. The zero-order valence-corrected chi connectivity index (χ0v) is 10.6. The molecule has 0 aromatic carbocycles. The second kappa shape index (κ2) is 22.5. The summed E-state index contributed by atoms with van der Waals surface area (Å²) >= 11 is 3.53. The molecule has 0 saturated carbocycles. The predicted molar refractivity (Wildman–Crippen MR) is 64.3 cm³/mol. The van der Waals surface area contributed by atoms with Crippen LogP contribution in [0.3, 0.4) is 0 Å². The van der Waals surface area contributed by atoms with Gasteiger partial charge in [-0.25, -0.2) is 0 Å². The van der Waals surface area contributed by atoms with Gasteiger partial charge in [0.2, 0.25) is 0 Å². The van der Waals surface area contributed by atoms with Gasteiger partial charge in [-0.15, -0.1) is 0 Å². The van der Waals surface area contributed by atoms with Crippen LogP contribution in [-0.4, -0.2) is 31.8 Å². The van der Waals surface area contributed by atoms with Gasteiger partial charge in [0, 0.05) is 0 Å². The van der Waals surface area contributed by atoms with Crippen molar-refractivity contribution < 1.29 is 0 Å². The molecular weight excluding hydrogens is 166 g/mol. The lowest BCUT2D eigenvalue weighted by Crippen LogP contribution is -2.12. The molecule has 0 N–H and O–H groups in total. The number of hydrogen-bond donors (Lipinski definition) is 1. The van der Waals surface area contributed by atoms with Gasteiger partial charge >= 0.3 is 0 Å².